The van der Waals surface area contributed by atoms with Crippen LogP contribution < -0.4 is 15.6 Å². The van der Waals surface area contributed by atoms with Crippen molar-refractivity contribution < 1.29 is 9.53 Å². The maximum absolute atomic E-state index is 12.7. The minimum atomic E-state index is -0.470. The van der Waals surface area contributed by atoms with Gasteiger partial charge >= 0.3 is 0 Å². The summed E-state index contributed by atoms with van der Waals surface area (Å²) in [7, 11) is 1.59. The summed E-state index contributed by atoms with van der Waals surface area (Å²) >= 11 is 0. The standard InChI is InChI=1S/C21H17N7O3/c1-31-17-7-3-5-15(9-17)11-28-20-19(25-26-28)21(30)27(13-23-20)12-18(29)24-16-6-2-4-14(8-16)10-22/h2-9,13H,11-12H2,1H3,(H,24,29). The summed E-state index contributed by atoms with van der Waals surface area (Å²) in [5.74, 6) is 0.283. The molecule has 2 aromatic carbocycles. The van der Waals surface area contributed by atoms with Gasteiger partial charge in [0, 0.05) is 5.69 Å². The largest absolute Gasteiger partial charge is 0.497 e. The lowest BCUT2D eigenvalue weighted by atomic mass is 10.2. The highest BCUT2D eigenvalue weighted by Gasteiger charge is 2.14. The highest BCUT2D eigenvalue weighted by atomic mass is 16.5. The highest BCUT2D eigenvalue weighted by Crippen LogP contribution is 2.15. The Morgan fingerprint density at radius 1 is 1.23 bits per heavy atom. The van der Waals surface area contributed by atoms with Crippen LogP contribution in [0.2, 0.25) is 0 Å². The van der Waals surface area contributed by atoms with E-state index < -0.39 is 11.5 Å². The number of hydrogen-bond acceptors (Lipinski definition) is 7. The molecule has 154 valence electrons. The van der Waals surface area contributed by atoms with E-state index in [1.54, 1.807) is 31.4 Å². The van der Waals surface area contributed by atoms with Crippen LogP contribution in [-0.4, -0.2) is 37.6 Å². The predicted octanol–water partition coefficient (Wildman–Crippen LogP) is 1.56. The zero-order valence-electron chi connectivity index (χ0n) is 16.5. The molecule has 1 amide bonds. The van der Waals surface area contributed by atoms with Gasteiger partial charge in [-0.15, -0.1) is 5.10 Å². The van der Waals surface area contributed by atoms with Gasteiger partial charge in [0.2, 0.25) is 5.91 Å². The van der Waals surface area contributed by atoms with Crippen molar-refractivity contribution in [1.29, 1.82) is 5.26 Å². The normalized spacial score (nSPS) is 10.6. The van der Waals surface area contributed by atoms with Gasteiger partial charge in [-0.3, -0.25) is 14.2 Å². The number of fused-ring (bicyclic) bond motifs is 1. The van der Waals surface area contributed by atoms with Crippen molar-refractivity contribution in [1.82, 2.24) is 24.5 Å². The van der Waals surface area contributed by atoms with Gasteiger partial charge in [-0.05, 0) is 35.9 Å². The Morgan fingerprint density at radius 2 is 2.06 bits per heavy atom. The summed E-state index contributed by atoms with van der Waals surface area (Å²) in [4.78, 5) is 29.4. The van der Waals surface area contributed by atoms with Crippen molar-refractivity contribution in [3.05, 3.63) is 76.3 Å². The molecule has 4 aromatic rings. The molecule has 0 aliphatic heterocycles. The first-order valence-corrected chi connectivity index (χ1v) is 9.29. The van der Waals surface area contributed by atoms with E-state index in [1.165, 1.54) is 11.0 Å². The van der Waals surface area contributed by atoms with Gasteiger partial charge in [-0.2, -0.15) is 5.26 Å². The zero-order valence-corrected chi connectivity index (χ0v) is 16.5. The molecular weight excluding hydrogens is 398 g/mol. The molecule has 1 N–H and O–H groups in total. The highest BCUT2D eigenvalue weighted by molar-refractivity contribution is 5.90. The van der Waals surface area contributed by atoms with Crippen molar-refractivity contribution in [3.63, 3.8) is 0 Å². The number of nitriles is 1. The third-order valence-electron chi connectivity index (χ3n) is 4.55. The Labute approximate surface area is 176 Å². The quantitative estimate of drug-likeness (QED) is 0.506. The van der Waals surface area contributed by atoms with Crippen LogP contribution in [0, 0.1) is 11.3 Å². The van der Waals surface area contributed by atoms with E-state index in [0.717, 1.165) is 10.1 Å². The van der Waals surface area contributed by atoms with Gasteiger partial charge < -0.3 is 10.1 Å². The second-order valence-electron chi connectivity index (χ2n) is 6.69. The maximum atomic E-state index is 12.7. The molecule has 0 radical (unpaired) electrons. The topological polar surface area (TPSA) is 128 Å². The number of rotatable bonds is 6. The molecule has 0 atom stereocenters. The first-order valence-electron chi connectivity index (χ1n) is 9.29. The number of benzene rings is 2. The van der Waals surface area contributed by atoms with Crippen LogP contribution in [-0.2, 0) is 17.9 Å². The average molecular weight is 415 g/mol. The van der Waals surface area contributed by atoms with Gasteiger partial charge in [0.05, 0.1) is 25.3 Å². The van der Waals surface area contributed by atoms with Crippen molar-refractivity contribution >= 4 is 22.8 Å². The fraction of sp³-hybridized carbons (Fsp3) is 0.143. The second-order valence-corrected chi connectivity index (χ2v) is 6.69. The van der Waals surface area contributed by atoms with Crippen molar-refractivity contribution in [3.8, 4) is 11.8 Å². The van der Waals surface area contributed by atoms with Crippen LogP contribution in [0.1, 0.15) is 11.1 Å². The van der Waals surface area contributed by atoms with Crippen LogP contribution in [0.15, 0.2) is 59.7 Å². The third-order valence-corrected chi connectivity index (χ3v) is 4.55. The molecule has 0 unspecified atom stereocenters. The second kappa shape index (κ2) is 8.46. The third kappa shape index (κ3) is 4.25. The fourth-order valence-electron chi connectivity index (χ4n) is 3.07. The molecule has 0 saturated heterocycles. The first kappa shape index (κ1) is 19.8. The van der Waals surface area contributed by atoms with Gasteiger partial charge in [-0.25, -0.2) is 9.67 Å². The van der Waals surface area contributed by atoms with Crippen molar-refractivity contribution in [2.45, 2.75) is 13.1 Å². The first-order chi connectivity index (χ1) is 15.1. The Hall–Kier alpha value is -4.52. The summed E-state index contributed by atoms with van der Waals surface area (Å²) in [5, 5.41) is 19.6. The van der Waals surface area contributed by atoms with Crippen LogP contribution in [0.4, 0.5) is 5.69 Å². The van der Waals surface area contributed by atoms with E-state index in [0.29, 0.717) is 29.2 Å². The van der Waals surface area contributed by atoms with E-state index in [4.69, 9.17) is 10.00 Å². The zero-order chi connectivity index (χ0) is 21.8. The molecule has 0 bridgehead atoms. The summed E-state index contributed by atoms with van der Waals surface area (Å²) in [6, 6.07) is 16.0. The minimum absolute atomic E-state index is 0.0738. The maximum Gasteiger partial charge on any atom is 0.283 e. The minimum Gasteiger partial charge on any atom is -0.497 e. The molecule has 2 aromatic heterocycles. The summed E-state index contributed by atoms with van der Waals surface area (Å²) in [5.41, 5.74) is 1.73. The van der Waals surface area contributed by atoms with E-state index in [9.17, 15) is 9.59 Å². The van der Waals surface area contributed by atoms with Gasteiger partial charge in [0.1, 0.15) is 18.6 Å². The fourth-order valence-corrected chi connectivity index (χ4v) is 3.07. The molecular formula is C21H17N7O3. The number of carbonyl (C=O) groups excluding carboxylic acids is 1. The molecule has 10 heteroatoms. The van der Waals surface area contributed by atoms with Crippen molar-refractivity contribution in [2.24, 2.45) is 0 Å². The summed E-state index contributed by atoms with van der Waals surface area (Å²) in [6.07, 6.45) is 1.29. The molecule has 0 aliphatic rings. The van der Waals surface area contributed by atoms with Gasteiger partial charge in [-0.1, -0.05) is 23.4 Å². The number of nitrogens with one attached hydrogen (secondary N) is 1. The Morgan fingerprint density at radius 3 is 2.87 bits per heavy atom. The molecule has 4 rings (SSSR count). The Kier molecular flexibility index (Phi) is 5.40. The van der Waals surface area contributed by atoms with E-state index in [1.807, 2.05) is 30.3 Å². The van der Waals surface area contributed by atoms with Gasteiger partial charge in [0.15, 0.2) is 11.2 Å². The number of hydrogen-bond donors (Lipinski definition) is 1. The molecule has 0 aliphatic carbocycles. The number of amides is 1. The van der Waals surface area contributed by atoms with Crippen LogP contribution >= 0.6 is 0 Å². The molecule has 0 saturated carbocycles. The lowest BCUT2D eigenvalue weighted by molar-refractivity contribution is -0.116. The van der Waals surface area contributed by atoms with E-state index >= 15 is 0 Å². The van der Waals surface area contributed by atoms with E-state index in [2.05, 4.69) is 20.6 Å². The number of nitrogens with zero attached hydrogens (tertiary/aromatic N) is 6. The molecule has 31 heavy (non-hydrogen) atoms. The number of ether oxygens (including phenoxy) is 1. The number of methoxy groups -OCH3 is 1. The summed E-state index contributed by atoms with van der Waals surface area (Å²) < 4.78 is 7.90. The molecule has 0 spiro atoms. The van der Waals surface area contributed by atoms with Crippen LogP contribution in [0.25, 0.3) is 11.2 Å². The number of aromatic nitrogens is 5. The summed E-state index contributed by atoms with van der Waals surface area (Å²) in [6.45, 7) is 0.112. The van der Waals surface area contributed by atoms with Gasteiger partial charge in [0.25, 0.3) is 5.56 Å². The monoisotopic (exact) mass is 415 g/mol. The molecule has 0 fully saturated rings. The smallest absolute Gasteiger partial charge is 0.283 e. The number of anilines is 1. The van der Waals surface area contributed by atoms with E-state index in [-0.39, 0.29) is 12.1 Å². The SMILES string of the molecule is COc1cccc(Cn2nnc3c(=O)n(CC(=O)Nc4cccc(C#N)c4)cnc32)c1. The molecule has 2 heterocycles. The molecule has 10 nitrogen and oxygen atoms in total. The lowest BCUT2D eigenvalue weighted by Gasteiger charge is -2.08. The lowest BCUT2D eigenvalue weighted by Crippen LogP contribution is -2.28. The van der Waals surface area contributed by atoms with Crippen LogP contribution in [0.3, 0.4) is 0 Å². The van der Waals surface area contributed by atoms with Crippen LogP contribution in [0.5, 0.6) is 5.75 Å². The van der Waals surface area contributed by atoms with Crippen molar-refractivity contribution in [2.75, 3.05) is 12.4 Å². The Bertz CT molecular complexity index is 1370. The average Bonchev–Trinajstić information content (AvgIpc) is 3.19. The Balaban J connectivity index is 1.54. The number of carbonyl (C=O) groups is 1. The predicted molar refractivity (Wildman–Crippen MR) is 111 cm³/mol.